The first-order chi connectivity index (χ1) is 13.5. The topological polar surface area (TPSA) is 26.0 Å². The predicted octanol–water partition coefficient (Wildman–Crippen LogP) is 6.13. The Hall–Kier alpha value is -1.66. The number of rotatable bonds is 4. The Kier molecular flexibility index (Phi) is 5.88. The third kappa shape index (κ3) is 3.90. The van der Waals surface area contributed by atoms with Gasteiger partial charge in [-0.15, -0.1) is 5.10 Å². The first-order valence-electron chi connectivity index (χ1n) is 9.48. The summed E-state index contributed by atoms with van der Waals surface area (Å²) < 4.78 is 4.60. The van der Waals surface area contributed by atoms with Crippen molar-refractivity contribution in [2.45, 2.75) is 32.9 Å². The second kappa shape index (κ2) is 8.37. The summed E-state index contributed by atoms with van der Waals surface area (Å²) in [5.74, 6) is 0.734. The molecule has 3 aromatic rings. The molecule has 0 amide bonds. The molecule has 2 heterocycles. The lowest BCUT2D eigenvalue weighted by Gasteiger charge is -2.25. The van der Waals surface area contributed by atoms with E-state index in [2.05, 4.69) is 24.0 Å². The van der Waals surface area contributed by atoms with Gasteiger partial charge in [0.2, 0.25) is 4.77 Å². The minimum Gasteiger partial charge on any atom is -0.284 e. The third-order valence-corrected chi connectivity index (χ3v) is 6.09. The first kappa shape index (κ1) is 19.6. The highest BCUT2D eigenvalue weighted by atomic mass is 35.5. The number of halogens is 2. The van der Waals surface area contributed by atoms with Gasteiger partial charge in [-0.2, -0.15) is 0 Å². The lowest BCUT2D eigenvalue weighted by atomic mass is 10.1. The maximum absolute atomic E-state index is 6.53. The molecule has 0 spiro atoms. The molecule has 1 aromatic heterocycles. The molecule has 1 saturated heterocycles. The Labute approximate surface area is 180 Å². The molecule has 4 nitrogen and oxygen atoms in total. The maximum atomic E-state index is 6.53. The molecule has 2 aromatic carbocycles. The lowest BCUT2D eigenvalue weighted by molar-refractivity contribution is 0.172. The second-order valence-corrected chi connectivity index (χ2v) is 8.38. The van der Waals surface area contributed by atoms with Crippen molar-refractivity contribution in [1.29, 1.82) is 0 Å². The van der Waals surface area contributed by atoms with Crippen molar-refractivity contribution in [1.82, 2.24) is 19.2 Å². The van der Waals surface area contributed by atoms with Crippen molar-refractivity contribution in [2.24, 2.45) is 0 Å². The van der Waals surface area contributed by atoms with Gasteiger partial charge in [0.05, 0.1) is 17.4 Å². The summed E-state index contributed by atoms with van der Waals surface area (Å²) in [4.78, 5) is 2.40. The van der Waals surface area contributed by atoms with E-state index in [1.807, 2.05) is 33.5 Å². The fourth-order valence-electron chi connectivity index (χ4n) is 3.67. The quantitative estimate of drug-likeness (QED) is 0.463. The van der Waals surface area contributed by atoms with Crippen LogP contribution in [0, 0.1) is 11.7 Å². The van der Waals surface area contributed by atoms with E-state index in [0.29, 0.717) is 21.5 Å². The second-order valence-electron chi connectivity index (χ2n) is 7.17. The van der Waals surface area contributed by atoms with E-state index in [9.17, 15) is 0 Å². The van der Waals surface area contributed by atoms with Crippen LogP contribution in [0.25, 0.3) is 17.1 Å². The van der Waals surface area contributed by atoms with Gasteiger partial charge in [-0.25, -0.2) is 4.68 Å². The van der Waals surface area contributed by atoms with E-state index in [-0.39, 0.29) is 0 Å². The molecule has 28 heavy (non-hydrogen) atoms. The van der Waals surface area contributed by atoms with Crippen molar-refractivity contribution in [3.8, 4) is 17.1 Å². The average molecular weight is 433 g/mol. The Morgan fingerprint density at radius 1 is 1.04 bits per heavy atom. The minimum absolute atomic E-state index is 0.562. The molecular formula is C21H22Cl2N4S. The van der Waals surface area contributed by atoms with E-state index in [4.69, 9.17) is 40.5 Å². The summed E-state index contributed by atoms with van der Waals surface area (Å²) in [5.41, 5.74) is 2.96. The van der Waals surface area contributed by atoms with Crippen LogP contribution in [-0.2, 0) is 6.67 Å². The average Bonchev–Trinajstić information content (AvgIpc) is 2.99. The predicted molar refractivity (Wildman–Crippen MR) is 118 cm³/mol. The summed E-state index contributed by atoms with van der Waals surface area (Å²) in [5, 5.41) is 6.05. The Morgan fingerprint density at radius 2 is 1.79 bits per heavy atom. The van der Waals surface area contributed by atoms with Crippen LogP contribution in [0.5, 0.6) is 0 Å². The number of para-hydroxylation sites is 1. The molecule has 0 saturated carbocycles. The van der Waals surface area contributed by atoms with Crippen molar-refractivity contribution < 1.29 is 0 Å². The smallest absolute Gasteiger partial charge is 0.204 e. The highest BCUT2D eigenvalue weighted by Crippen LogP contribution is 2.32. The highest BCUT2D eigenvalue weighted by Gasteiger charge is 2.20. The molecule has 146 valence electrons. The number of hydrogen-bond donors (Lipinski definition) is 0. The van der Waals surface area contributed by atoms with Gasteiger partial charge in [-0.3, -0.25) is 9.47 Å². The van der Waals surface area contributed by atoms with Crippen LogP contribution in [0.2, 0.25) is 10.0 Å². The summed E-state index contributed by atoms with van der Waals surface area (Å²) in [7, 11) is 0. The van der Waals surface area contributed by atoms with E-state index in [1.54, 1.807) is 6.07 Å². The number of aryl methyl sites for hydroxylation is 1. The third-order valence-electron chi connectivity index (χ3n) is 5.15. The highest BCUT2D eigenvalue weighted by molar-refractivity contribution is 7.71. The van der Waals surface area contributed by atoms with E-state index >= 15 is 0 Å². The first-order valence-corrected chi connectivity index (χ1v) is 10.6. The molecule has 0 N–H and O–H groups in total. The number of likely N-dealkylation sites (tertiary alicyclic amines) is 1. The number of aromatic nitrogens is 3. The molecule has 1 fully saturated rings. The van der Waals surface area contributed by atoms with Gasteiger partial charge in [0.1, 0.15) is 0 Å². The summed E-state index contributed by atoms with van der Waals surface area (Å²) in [6, 6.07) is 13.7. The summed E-state index contributed by atoms with van der Waals surface area (Å²) >= 11 is 18.5. The van der Waals surface area contributed by atoms with Crippen LogP contribution in [0.4, 0.5) is 0 Å². The number of piperidine rings is 1. The van der Waals surface area contributed by atoms with Crippen molar-refractivity contribution >= 4 is 35.4 Å². The van der Waals surface area contributed by atoms with Gasteiger partial charge in [-0.1, -0.05) is 47.8 Å². The van der Waals surface area contributed by atoms with Crippen LogP contribution in [0.1, 0.15) is 24.8 Å². The van der Waals surface area contributed by atoms with Crippen LogP contribution in [0.3, 0.4) is 0 Å². The molecular weight excluding hydrogens is 411 g/mol. The Bertz CT molecular complexity index is 1050. The largest absolute Gasteiger partial charge is 0.284 e. The fraction of sp³-hybridized carbons (Fsp3) is 0.333. The maximum Gasteiger partial charge on any atom is 0.204 e. The Balaban J connectivity index is 1.87. The molecule has 0 atom stereocenters. The molecule has 1 aliphatic rings. The minimum atomic E-state index is 0.562. The lowest BCUT2D eigenvalue weighted by Crippen LogP contribution is -2.32. The summed E-state index contributed by atoms with van der Waals surface area (Å²) in [6.45, 7) is 4.92. The molecule has 1 aliphatic heterocycles. The molecule has 0 radical (unpaired) electrons. The monoisotopic (exact) mass is 432 g/mol. The molecule has 0 bridgehead atoms. The van der Waals surface area contributed by atoms with Gasteiger partial charge in [0, 0.05) is 10.6 Å². The zero-order valence-corrected chi connectivity index (χ0v) is 18.1. The van der Waals surface area contributed by atoms with E-state index < -0.39 is 0 Å². The zero-order chi connectivity index (χ0) is 19.7. The van der Waals surface area contributed by atoms with Gasteiger partial charge in [0.25, 0.3) is 0 Å². The van der Waals surface area contributed by atoms with Crippen LogP contribution >= 0.6 is 35.4 Å². The number of hydrogen-bond acceptors (Lipinski definition) is 3. The van der Waals surface area contributed by atoms with Crippen LogP contribution < -0.4 is 0 Å². The number of benzene rings is 2. The molecule has 7 heteroatoms. The Morgan fingerprint density at radius 3 is 2.50 bits per heavy atom. The van der Waals surface area contributed by atoms with Gasteiger partial charge in [-0.05, 0) is 74.9 Å². The van der Waals surface area contributed by atoms with E-state index in [1.165, 1.54) is 19.3 Å². The van der Waals surface area contributed by atoms with Gasteiger partial charge >= 0.3 is 0 Å². The standard InChI is InChI=1S/C21H22Cl2N4S/c1-15-7-3-4-8-19(15)27-20(17-10-9-16(22)13-18(17)23)24-26(21(27)28)14-25-11-5-2-6-12-25/h3-4,7-10,13H,2,5-6,11-12,14H2,1H3. The molecule has 0 aliphatic carbocycles. The number of nitrogens with zero attached hydrogens (tertiary/aromatic N) is 4. The zero-order valence-electron chi connectivity index (χ0n) is 15.7. The summed E-state index contributed by atoms with van der Waals surface area (Å²) in [6.07, 6.45) is 3.74. The normalized spacial score (nSPS) is 15.1. The fourth-order valence-corrected chi connectivity index (χ4v) is 4.44. The van der Waals surface area contributed by atoms with Crippen LogP contribution in [-0.4, -0.2) is 32.3 Å². The van der Waals surface area contributed by atoms with Gasteiger partial charge in [0.15, 0.2) is 5.82 Å². The van der Waals surface area contributed by atoms with Crippen molar-refractivity contribution in [3.05, 3.63) is 62.8 Å². The SMILES string of the molecule is Cc1ccccc1-n1c(-c2ccc(Cl)cc2Cl)nn(CN2CCCCC2)c1=S. The van der Waals surface area contributed by atoms with Gasteiger partial charge < -0.3 is 0 Å². The molecule has 4 rings (SSSR count). The van der Waals surface area contributed by atoms with Crippen molar-refractivity contribution in [3.63, 3.8) is 0 Å². The van der Waals surface area contributed by atoms with Crippen LogP contribution in [0.15, 0.2) is 42.5 Å². The molecule has 0 unspecified atom stereocenters. The van der Waals surface area contributed by atoms with E-state index in [0.717, 1.165) is 35.7 Å². The van der Waals surface area contributed by atoms with Crippen molar-refractivity contribution in [2.75, 3.05) is 13.1 Å².